The Hall–Kier alpha value is -0.580. The van der Waals surface area contributed by atoms with E-state index in [-0.39, 0.29) is 5.91 Å². The van der Waals surface area contributed by atoms with Crippen LogP contribution in [0, 0.1) is 0 Å². The zero-order valence-corrected chi connectivity index (χ0v) is 10.5. The van der Waals surface area contributed by atoms with Crippen molar-refractivity contribution in [3.05, 3.63) is 21.3 Å². The molecule has 3 nitrogen and oxygen atoms in total. The monoisotopic (exact) mass is 258 g/mol. The molecule has 2 rings (SSSR count). The number of nitrogens with one attached hydrogen (secondary N) is 2. The molecule has 1 unspecified atom stereocenters. The average molecular weight is 259 g/mol. The fourth-order valence-electron chi connectivity index (χ4n) is 1.80. The Kier molecular flexibility index (Phi) is 4.21. The highest BCUT2D eigenvalue weighted by Gasteiger charge is 2.16. The second kappa shape index (κ2) is 5.66. The Morgan fingerprint density at radius 1 is 1.62 bits per heavy atom. The molecule has 1 saturated heterocycles. The van der Waals surface area contributed by atoms with Crippen LogP contribution in [0.4, 0.5) is 0 Å². The van der Waals surface area contributed by atoms with E-state index in [1.807, 2.05) is 12.1 Å². The SMILES string of the molecule is O=C(CCc1ccc(Cl)s1)NC1CCNC1. The van der Waals surface area contributed by atoms with Crippen LogP contribution in [-0.4, -0.2) is 25.0 Å². The molecule has 1 amide bonds. The second-order valence-corrected chi connectivity index (χ2v) is 5.76. The molecule has 0 spiro atoms. The summed E-state index contributed by atoms with van der Waals surface area (Å²) < 4.78 is 0.787. The third-order valence-corrected chi connectivity index (χ3v) is 3.94. The fourth-order valence-corrected chi connectivity index (χ4v) is 2.89. The Labute approximate surface area is 104 Å². The van der Waals surface area contributed by atoms with Crippen molar-refractivity contribution in [2.45, 2.75) is 25.3 Å². The number of carbonyl (C=O) groups is 1. The molecular weight excluding hydrogens is 244 g/mol. The van der Waals surface area contributed by atoms with Crippen LogP contribution in [0.3, 0.4) is 0 Å². The van der Waals surface area contributed by atoms with Crippen molar-refractivity contribution < 1.29 is 4.79 Å². The van der Waals surface area contributed by atoms with Gasteiger partial charge in [-0.15, -0.1) is 11.3 Å². The van der Waals surface area contributed by atoms with Gasteiger partial charge in [0.2, 0.25) is 5.91 Å². The van der Waals surface area contributed by atoms with Crippen LogP contribution in [-0.2, 0) is 11.2 Å². The molecule has 0 aromatic carbocycles. The van der Waals surface area contributed by atoms with Gasteiger partial charge in [0.15, 0.2) is 0 Å². The molecule has 16 heavy (non-hydrogen) atoms. The van der Waals surface area contributed by atoms with Crippen LogP contribution in [0.25, 0.3) is 0 Å². The smallest absolute Gasteiger partial charge is 0.220 e. The van der Waals surface area contributed by atoms with E-state index in [0.29, 0.717) is 12.5 Å². The molecular formula is C11H15ClN2OS. The van der Waals surface area contributed by atoms with Gasteiger partial charge in [-0.2, -0.15) is 0 Å². The number of amides is 1. The minimum atomic E-state index is 0.137. The molecule has 1 aliphatic heterocycles. The number of thiophene rings is 1. The molecule has 5 heteroatoms. The lowest BCUT2D eigenvalue weighted by Crippen LogP contribution is -2.36. The summed E-state index contributed by atoms with van der Waals surface area (Å²) in [6.45, 7) is 1.90. The van der Waals surface area contributed by atoms with Crippen LogP contribution in [0.2, 0.25) is 4.34 Å². The summed E-state index contributed by atoms with van der Waals surface area (Å²) in [6, 6.07) is 4.18. The summed E-state index contributed by atoms with van der Waals surface area (Å²) in [5.74, 6) is 0.137. The minimum absolute atomic E-state index is 0.137. The van der Waals surface area contributed by atoms with Gasteiger partial charge in [0.25, 0.3) is 0 Å². The predicted octanol–water partition coefficient (Wildman–Crippen LogP) is 1.81. The molecule has 2 heterocycles. The summed E-state index contributed by atoms with van der Waals surface area (Å²) in [6.07, 6.45) is 2.37. The maximum atomic E-state index is 11.6. The average Bonchev–Trinajstić information content (AvgIpc) is 2.87. The number of rotatable bonds is 4. The van der Waals surface area contributed by atoms with Gasteiger partial charge >= 0.3 is 0 Å². The van der Waals surface area contributed by atoms with Crippen LogP contribution in [0.1, 0.15) is 17.7 Å². The molecule has 1 aromatic heterocycles. The molecule has 1 aromatic rings. The highest BCUT2D eigenvalue weighted by molar-refractivity contribution is 7.16. The van der Waals surface area contributed by atoms with Gasteiger partial charge in [-0.3, -0.25) is 4.79 Å². The van der Waals surface area contributed by atoms with E-state index in [9.17, 15) is 4.79 Å². The molecule has 1 atom stereocenters. The van der Waals surface area contributed by atoms with Crippen molar-refractivity contribution in [2.24, 2.45) is 0 Å². The van der Waals surface area contributed by atoms with Gasteiger partial charge in [-0.1, -0.05) is 11.6 Å². The summed E-state index contributed by atoms with van der Waals surface area (Å²) >= 11 is 7.37. The molecule has 1 aliphatic rings. The Morgan fingerprint density at radius 3 is 3.12 bits per heavy atom. The largest absolute Gasteiger partial charge is 0.352 e. The van der Waals surface area contributed by atoms with E-state index >= 15 is 0 Å². The van der Waals surface area contributed by atoms with E-state index in [1.54, 1.807) is 11.3 Å². The zero-order valence-electron chi connectivity index (χ0n) is 8.96. The lowest BCUT2D eigenvalue weighted by molar-refractivity contribution is -0.121. The first-order chi connectivity index (χ1) is 7.74. The topological polar surface area (TPSA) is 41.1 Å². The third kappa shape index (κ3) is 3.47. The summed E-state index contributed by atoms with van der Waals surface area (Å²) in [5, 5.41) is 6.25. The van der Waals surface area contributed by atoms with E-state index < -0.39 is 0 Å². The highest BCUT2D eigenvalue weighted by atomic mass is 35.5. The van der Waals surface area contributed by atoms with Crippen molar-refractivity contribution in [3.8, 4) is 0 Å². The van der Waals surface area contributed by atoms with Crippen molar-refractivity contribution in [3.63, 3.8) is 0 Å². The third-order valence-electron chi connectivity index (χ3n) is 2.65. The van der Waals surface area contributed by atoms with Crippen molar-refractivity contribution in [1.29, 1.82) is 0 Å². The first-order valence-electron chi connectivity index (χ1n) is 5.48. The lowest BCUT2D eigenvalue weighted by Gasteiger charge is -2.10. The maximum Gasteiger partial charge on any atom is 0.220 e. The second-order valence-electron chi connectivity index (χ2n) is 3.96. The zero-order chi connectivity index (χ0) is 11.4. The number of aryl methyl sites for hydroxylation is 1. The Balaban J connectivity index is 1.71. The normalized spacial score (nSPS) is 19.9. The van der Waals surface area contributed by atoms with E-state index in [4.69, 9.17) is 11.6 Å². The first-order valence-corrected chi connectivity index (χ1v) is 6.68. The summed E-state index contributed by atoms with van der Waals surface area (Å²) in [4.78, 5) is 12.8. The van der Waals surface area contributed by atoms with Gasteiger partial charge < -0.3 is 10.6 Å². The van der Waals surface area contributed by atoms with Crippen LogP contribution in [0.15, 0.2) is 12.1 Å². The van der Waals surface area contributed by atoms with Gasteiger partial charge in [0.1, 0.15) is 0 Å². The Bertz CT molecular complexity index is 361. The molecule has 2 N–H and O–H groups in total. The first kappa shape index (κ1) is 11.9. The predicted molar refractivity (Wildman–Crippen MR) is 67.1 cm³/mol. The van der Waals surface area contributed by atoms with E-state index in [2.05, 4.69) is 10.6 Å². The molecule has 1 fully saturated rings. The van der Waals surface area contributed by atoms with Gasteiger partial charge in [-0.05, 0) is 31.5 Å². The quantitative estimate of drug-likeness (QED) is 0.865. The summed E-state index contributed by atoms with van der Waals surface area (Å²) in [5.41, 5.74) is 0. The number of hydrogen-bond acceptors (Lipinski definition) is 3. The molecule has 88 valence electrons. The summed E-state index contributed by atoms with van der Waals surface area (Å²) in [7, 11) is 0. The van der Waals surface area contributed by atoms with Crippen LogP contribution >= 0.6 is 22.9 Å². The molecule has 0 radical (unpaired) electrons. The van der Waals surface area contributed by atoms with Crippen molar-refractivity contribution >= 4 is 28.8 Å². The highest BCUT2D eigenvalue weighted by Crippen LogP contribution is 2.22. The lowest BCUT2D eigenvalue weighted by atomic mass is 10.2. The molecule has 0 saturated carbocycles. The van der Waals surface area contributed by atoms with Gasteiger partial charge in [-0.25, -0.2) is 0 Å². The standard InChI is InChI=1S/C11H15ClN2OS/c12-10-3-1-9(16-10)2-4-11(15)14-8-5-6-13-7-8/h1,3,8,13H,2,4-7H2,(H,14,15). The van der Waals surface area contributed by atoms with Crippen LogP contribution in [0.5, 0.6) is 0 Å². The van der Waals surface area contributed by atoms with E-state index in [0.717, 1.165) is 30.3 Å². The van der Waals surface area contributed by atoms with E-state index in [1.165, 1.54) is 4.88 Å². The minimum Gasteiger partial charge on any atom is -0.352 e. The van der Waals surface area contributed by atoms with Crippen LogP contribution < -0.4 is 10.6 Å². The van der Waals surface area contributed by atoms with Crippen molar-refractivity contribution in [2.75, 3.05) is 13.1 Å². The fraction of sp³-hybridized carbons (Fsp3) is 0.545. The molecule has 0 aliphatic carbocycles. The van der Waals surface area contributed by atoms with Gasteiger partial charge in [0.05, 0.1) is 4.34 Å². The number of carbonyl (C=O) groups excluding carboxylic acids is 1. The van der Waals surface area contributed by atoms with Gasteiger partial charge in [0, 0.05) is 23.9 Å². The number of hydrogen-bond donors (Lipinski definition) is 2. The Morgan fingerprint density at radius 2 is 2.50 bits per heavy atom. The molecule has 0 bridgehead atoms. The maximum absolute atomic E-state index is 11.6. The van der Waals surface area contributed by atoms with Crippen molar-refractivity contribution in [1.82, 2.24) is 10.6 Å². The number of halogens is 1.